The number of thiocarbonyl (C=S) groups is 1. The molecule has 2 N–H and O–H groups in total. The Morgan fingerprint density at radius 2 is 2.35 bits per heavy atom. The molecule has 1 aromatic rings. The van der Waals surface area contributed by atoms with Crippen LogP contribution in [0.2, 0.25) is 0 Å². The van der Waals surface area contributed by atoms with Crippen molar-refractivity contribution in [2.24, 2.45) is 5.73 Å². The SMILES string of the molecule is CCSc1cccc(N(C)CC2CCCO2)c1C(N)=S. The van der Waals surface area contributed by atoms with Crippen LogP contribution in [-0.2, 0) is 4.74 Å². The molecule has 1 aliphatic rings. The average Bonchev–Trinajstić information content (AvgIpc) is 2.91. The summed E-state index contributed by atoms with van der Waals surface area (Å²) in [6.07, 6.45) is 2.62. The molecule has 3 nitrogen and oxygen atoms in total. The van der Waals surface area contributed by atoms with Crippen LogP contribution >= 0.6 is 24.0 Å². The van der Waals surface area contributed by atoms with E-state index in [4.69, 9.17) is 22.7 Å². The van der Waals surface area contributed by atoms with E-state index in [9.17, 15) is 0 Å². The molecule has 1 heterocycles. The number of ether oxygens (including phenoxy) is 1. The van der Waals surface area contributed by atoms with Gasteiger partial charge in [-0.1, -0.05) is 25.2 Å². The number of nitrogens with zero attached hydrogens (tertiary/aromatic N) is 1. The third-order valence-electron chi connectivity index (χ3n) is 3.46. The highest BCUT2D eigenvalue weighted by atomic mass is 32.2. The fourth-order valence-corrected chi connectivity index (χ4v) is 3.68. The molecule has 0 saturated carbocycles. The van der Waals surface area contributed by atoms with Crippen LogP contribution in [0.3, 0.4) is 0 Å². The summed E-state index contributed by atoms with van der Waals surface area (Å²) >= 11 is 7.04. The van der Waals surface area contributed by atoms with Gasteiger partial charge in [-0.05, 0) is 30.7 Å². The van der Waals surface area contributed by atoms with Crippen molar-refractivity contribution in [1.82, 2.24) is 0 Å². The Bertz CT molecular complexity index is 473. The fraction of sp³-hybridized carbons (Fsp3) is 0.533. The minimum Gasteiger partial charge on any atom is -0.389 e. The predicted octanol–water partition coefficient (Wildman–Crippen LogP) is 3.05. The lowest BCUT2D eigenvalue weighted by Crippen LogP contribution is -2.30. The average molecular weight is 310 g/mol. The van der Waals surface area contributed by atoms with Crippen molar-refractivity contribution in [2.75, 3.05) is 30.9 Å². The third-order valence-corrected chi connectivity index (χ3v) is 4.61. The molecule has 1 atom stereocenters. The zero-order valence-electron chi connectivity index (χ0n) is 12.1. The highest BCUT2D eigenvalue weighted by Crippen LogP contribution is 2.31. The van der Waals surface area contributed by atoms with E-state index in [-0.39, 0.29) is 0 Å². The lowest BCUT2D eigenvalue weighted by molar-refractivity contribution is 0.116. The molecule has 5 heteroatoms. The highest BCUT2D eigenvalue weighted by molar-refractivity contribution is 7.99. The molecule has 20 heavy (non-hydrogen) atoms. The van der Waals surface area contributed by atoms with Gasteiger partial charge in [0.15, 0.2) is 0 Å². The monoisotopic (exact) mass is 310 g/mol. The number of hydrogen-bond donors (Lipinski definition) is 1. The van der Waals surface area contributed by atoms with Crippen molar-refractivity contribution in [1.29, 1.82) is 0 Å². The van der Waals surface area contributed by atoms with E-state index >= 15 is 0 Å². The number of anilines is 1. The van der Waals surface area contributed by atoms with Crippen LogP contribution in [-0.4, -0.2) is 37.0 Å². The molecule has 1 saturated heterocycles. The van der Waals surface area contributed by atoms with Gasteiger partial charge in [0.25, 0.3) is 0 Å². The van der Waals surface area contributed by atoms with Crippen LogP contribution in [0.5, 0.6) is 0 Å². The number of nitrogens with two attached hydrogens (primary N) is 1. The molecule has 1 fully saturated rings. The van der Waals surface area contributed by atoms with E-state index in [1.54, 1.807) is 11.8 Å². The lowest BCUT2D eigenvalue weighted by atomic mass is 10.1. The topological polar surface area (TPSA) is 38.5 Å². The first-order valence-electron chi connectivity index (χ1n) is 7.01. The van der Waals surface area contributed by atoms with Gasteiger partial charge in [-0.25, -0.2) is 0 Å². The maximum Gasteiger partial charge on any atom is 0.107 e. The fourth-order valence-electron chi connectivity index (χ4n) is 2.55. The van der Waals surface area contributed by atoms with Gasteiger partial charge in [-0.15, -0.1) is 11.8 Å². The van der Waals surface area contributed by atoms with Gasteiger partial charge >= 0.3 is 0 Å². The summed E-state index contributed by atoms with van der Waals surface area (Å²) in [6, 6.07) is 6.25. The van der Waals surface area contributed by atoms with E-state index < -0.39 is 0 Å². The number of thioether (sulfide) groups is 1. The van der Waals surface area contributed by atoms with Gasteiger partial charge in [0.1, 0.15) is 4.99 Å². The number of likely N-dealkylation sites (N-methyl/N-ethyl adjacent to an activating group) is 1. The first kappa shape index (κ1) is 15.6. The van der Waals surface area contributed by atoms with Crippen molar-refractivity contribution < 1.29 is 4.74 Å². The van der Waals surface area contributed by atoms with E-state index in [0.29, 0.717) is 11.1 Å². The maximum atomic E-state index is 5.95. The van der Waals surface area contributed by atoms with Crippen molar-refractivity contribution in [3.63, 3.8) is 0 Å². The van der Waals surface area contributed by atoms with Crippen LogP contribution in [0.1, 0.15) is 25.3 Å². The Morgan fingerprint density at radius 3 is 2.95 bits per heavy atom. The Kier molecular flexibility index (Phi) is 5.69. The zero-order chi connectivity index (χ0) is 14.5. The highest BCUT2D eigenvalue weighted by Gasteiger charge is 2.20. The Hall–Kier alpha value is -0.780. The van der Waals surface area contributed by atoms with Crippen LogP contribution in [0.25, 0.3) is 0 Å². The van der Waals surface area contributed by atoms with Crippen molar-refractivity contribution in [2.45, 2.75) is 30.8 Å². The Labute approximate surface area is 130 Å². The second kappa shape index (κ2) is 7.29. The van der Waals surface area contributed by atoms with Gasteiger partial charge in [0, 0.05) is 36.3 Å². The molecule has 0 amide bonds. The van der Waals surface area contributed by atoms with Crippen LogP contribution in [0.15, 0.2) is 23.1 Å². The Balaban J connectivity index is 2.24. The summed E-state index contributed by atoms with van der Waals surface area (Å²) in [5.74, 6) is 1.01. The summed E-state index contributed by atoms with van der Waals surface area (Å²) in [5.41, 5.74) is 8.05. The number of rotatable bonds is 6. The van der Waals surface area contributed by atoms with Crippen LogP contribution < -0.4 is 10.6 Å². The van der Waals surface area contributed by atoms with E-state index in [1.807, 2.05) is 0 Å². The van der Waals surface area contributed by atoms with Crippen molar-refractivity contribution in [3.05, 3.63) is 23.8 Å². The molecule has 0 radical (unpaired) electrons. The molecule has 1 aromatic carbocycles. The second-order valence-corrected chi connectivity index (χ2v) is 6.71. The molecule has 2 rings (SSSR count). The largest absolute Gasteiger partial charge is 0.389 e. The summed E-state index contributed by atoms with van der Waals surface area (Å²) < 4.78 is 5.71. The maximum absolute atomic E-state index is 5.95. The van der Waals surface area contributed by atoms with Gasteiger partial charge in [0.2, 0.25) is 0 Å². The number of hydrogen-bond acceptors (Lipinski definition) is 4. The number of benzene rings is 1. The molecule has 1 unspecified atom stereocenters. The molecule has 0 bridgehead atoms. The Morgan fingerprint density at radius 1 is 1.55 bits per heavy atom. The van der Waals surface area contributed by atoms with Gasteiger partial charge in [-0.2, -0.15) is 0 Å². The summed E-state index contributed by atoms with van der Waals surface area (Å²) in [5, 5.41) is 0. The molecule has 0 aromatic heterocycles. The summed E-state index contributed by atoms with van der Waals surface area (Å²) in [6.45, 7) is 3.90. The molecule has 110 valence electrons. The lowest BCUT2D eigenvalue weighted by Gasteiger charge is -2.26. The first-order chi connectivity index (χ1) is 9.63. The minimum atomic E-state index is 0.321. The molecule has 0 aliphatic carbocycles. The smallest absolute Gasteiger partial charge is 0.107 e. The molecule has 0 spiro atoms. The van der Waals surface area contributed by atoms with Gasteiger partial charge < -0.3 is 15.4 Å². The molecule has 1 aliphatic heterocycles. The second-order valence-electron chi connectivity index (χ2n) is 4.96. The standard InChI is InChI=1S/C15H22N2OS2/c1-3-20-13-8-4-7-12(14(13)15(16)19)17(2)10-11-6-5-9-18-11/h4,7-8,11H,3,5-6,9-10H2,1-2H3,(H2,16,19). The third kappa shape index (κ3) is 3.65. The quantitative estimate of drug-likeness (QED) is 0.646. The van der Waals surface area contributed by atoms with Gasteiger partial charge in [0.05, 0.1) is 6.10 Å². The van der Waals surface area contributed by atoms with E-state index in [0.717, 1.165) is 47.9 Å². The van der Waals surface area contributed by atoms with Crippen molar-refractivity contribution >= 4 is 34.7 Å². The summed E-state index contributed by atoms with van der Waals surface area (Å²) in [4.78, 5) is 3.84. The van der Waals surface area contributed by atoms with E-state index in [2.05, 4.69) is 37.1 Å². The molecular weight excluding hydrogens is 288 g/mol. The predicted molar refractivity (Wildman–Crippen MR) is 91.0 cm³/mol. The van der Waals surface area contributed by atoms with Crippen molar-refractivity contribution in [3.8, 4) is 0 Å². The molecular formula is C15H22N2OS2. The van der Waals surface area contributed by atoms with Crippen LogP contribution in [0, 0.1) is 0 Å². The first-order valence-corrected chi connectivity index (χ1v) is 8.41. The van der Waals surface area contributed by atoms with E-state index in [1.165, 1.54) is 0 Å². The minimum absolute atomic E-state index is 0.321. The summed E-state index contributed by atoms with van der Waals surface area (Å²) in [7, 11) is 2.08. The van der Waals surface area contributed by atoms with Gasteiger partial charge in [-0.3, -0.25) is 0 Å². The zero-order valence-corrected chi connectivity index (χ0v) is 13.7. The normalized spacial score (nSPS) is 18.2. The van der Waals surface area contributed by atoms with Crippen LogP contribution in [0.4, 0.5) is 5.69 Å².